The summed E-state index contributed by atoms with van der Waals surface area (Å²) in [5.41, 5.74) is 0.824. The van der Waals surface area contributed by atoms with E-state index in [0.717, 1.165) is 36.0 Å². The molecule has 114 valence electrons. The monoisotopic (exact) mass is 343 g/mol. The lowest BCUT2D eigenvalue weighted by Crippen LogP contribution is -2.28. The summed E-state index contributed by atoms with van der Waals surface area (Å²) < 4.78 is 14.8. The van der Waals surface area contributed by atoms with Crippen molar-refractivity contribution in [1.29, 1.82) is 0 Å². The van der Waals surface area contributed by atoms with Crippen LogP contribution < -0.4 is 5.32 Å². The summed E-state index contributed by atoms with van der Waals surface area (Å²) in [7, 11) is 0. The van der Waals surface area contributed by atoms with Gasteiger partial charge in [0.25, 0.3) is 0 Å². The van der Waals surface area contributed by atoms with Crippen molar-refractivity contribution < 1.29 is 4.39 Å². The first-order valence-corrected chi connectivity index (χ1v) is 8.32. The van der Waals surface area contributed by atoms with E-state index >= 15 is 0 Å². The first-order chi connectivity index (χ1) is 9.38. The Labute approximate surface area is 131 Å². The molecular weight excluding hydrogens is 317 g/mol. The third-order valence-electron chi connectivity index (χ3n) is 3.31. The van der Waals surface area contributed by atoms with E-state index in [4.69, 9.17) is 0 Å². The van der Waals surface area contributed by atoms with Crippen LogP contribution in [-0.2, 0) is 6.42 Å². The molecule has 1 unspecified atom stereocenters. The fourth-order valence-corrected chi connectivity index (χ4v) is 2.81. The van der Waals surface area contributed by atoms with E-state index in [1.54, 1.807) is 6.07 Å². The molecule has 1 atom stereocenters. The number of nitrogens with one attached hydrogen (secondary N) is 1. The average molecular weight is 344 g/mol. The molecule has 0 spiro atoms. The standard InChI is InChI=1S/C17H27BrFN/c1-12(2)7-14(11-20-10-13(3)4)8-15-5-6-16(18)9-17(15)19/h5-6,9,12-14,20H,7-8,10-11H2,1-4H3. The second kappa shape index (κ2) is 8.78. The van der Waals surface area contributed by atoms with E-state index < -0.39 is 0 Å². The predicted octanol–water partition coefficient (Wildman–Crippen LogP) is 5.04. The Morgan fingerprint density at radius 1 is 1.10 bits per heavy atom. The Hall–Kier alpha value is -0.410. The van der Waals surface area contributed by atoms with E-state index in [0.29, 0.717) is 17.8 Å². The highest BCUT2D eigenvalue weighted by molar-refractivity contribution is 9.10. The molecule has 0 aliphatic heterocycles. The Morgan fingerprint density at radius 3 is 2.35 bits per heavy atom. The maximum Gasteiger partial charge on any atom is 0.127 e. The summed E-state index contributed by atoms with van der Waals surface area (Å²) in [6.45, 7) is 10.9. The highest BCUT2D eigenvalue weighted by Gasteiger charge is 2.14. The van der Waals surface area contributed by atoms with Crippen LogP contribution in [0.15, 0.2) is 22.7 Å². The lowest BCUT2D eigenvalue weighted by molar-refractivity contribution is 0.372. The predicted molar refractivity (Wildman–Crippen MR) is 88.5 cm³/mol. The molecule has 1 rings (SSSR count). The third kappa shape index (κ3) is 6.85. The van der Waals surface area contributed by atoms with Crippen LogP contribution in [0.2, 0.25) is 0 Å². The highest BCUT2D eigenvalue weighted by atomic mass is 79.9. The first kappa shape index (κ1) is 17.6. The van der Waals surface area contributed by atoms with Gasteiger partial charge >= 0.3 is 0 Å². The normalized spacial score (nSPS) is 13.2. The van der Waals surface area contributed by atoms with Gasteiger partial charge in [-0.15, -0.1) is 0 Å². The summed E-state index contributed by atoms with van der Waals surface area (Å²) in [6.07, 6.45) is 1.93. The van der Waals surface area contributed by atoms with E-state index in [1.807, 2.05) is 12.1 Å². The van der Waals surface area contributed by atoms with Gasteiger partial charge in [0.1, 0.15) is 5.82 Å². The fourth-order valence-electron chi connectivity index (χ4n) is 2.48. The zero-order chi connectivity index (χ0) is 15.1. The van der Waals surface area contributed by atoms with Crippen LogP contribution in [0.1, 0.15) is 39.7 Å². The van der Waals surface area contributed by atoms with Crippen molar-refractivity contribution >= 4 is 15.9 Å². The van der Waals surface area contributed by atoms with Crippen LogP contribution >= 0.6 is 15.9 Å². The van der Waals surface area contributed by atoms with Crippen molar-refractivity contribution in [3.63, 3.8) is 0 Å². The van der Waals surface area contributed by atoms with E-state index in [-0.39, 0.29) is 5.82 Å². The zero-order valence-electron chi connectivity index (χ0n) is 13.0. The van der Waals surface area contributed by atoms with Crippen molar-refractivity contribution in [2.24, 2.45) is 17.8 Å². The number of hydrogen-bond acceptors (Lipinski definition) is 1. The summed E-state index contributed by atoms with van der Waals surface area (Å²) >= 11 is 3.31. The maximum absolute atomic E-state index is 13.9. The van der Waals surface area contributed by atoms with Crippen LogP contribution in [0.25, 0.3) is 0 Å². The molecule has 1 aromatic rings. The second-order valence-corrected chi connectivity index (χ2v) is 7.40. The maximum atomic E-state index is 13.9. The van der Waals surface area contributed by atoms with Gasteiger partial charge < -0.3 is 5.32 Å². The van der Waals surface area contributed by atoms with E-state index in [9.17, 15) is 4.39 Å². The van der Waals surface area contributed by atoms with E-state index in [1.165, 1.54) is 0 Å². The smallest absolute Gasteiger partial charge is 0.127 e. The lowest BCUT2D eigenvalue weighted by atomic mass is 9.90. The molecule has 3 heteroatoms. The van der Waals surface area contributed by atoms with Gasteiger partial charge in [-0.1, -0.05) is 49.7 Å². The van der Waals surface area contributed by atoms with Crippen LogP contribution in [0, 0.1) is 23.6 Å². The Balaban J connectivity index is 2.63. The molecule has 0 aliphatic rings. The van der Waals surface area contributed by atoms with Gasteiger partial charge in [0.2, 0.25) is 0 Å². The van der Waals surface area contributed by atoms with Crippen molar-refractivity contribution in [1.82, 2.24) is 5.32 Å². The zero-order valence-corrected chi connectivity index (χ0v) is 14.6. The Kier molecular flexibility index (Phi) is 7.75. The van der Waals surface area contributed by atoms with Gasteiger partial charge in [0.05, 0.1) is 0 Å². The second-order valence-electron chi connectivity index (χ2n) is 6.49. The molecule has 0 aliphatic carbocycles. The average Bonchev–Trinajstić information content (AvgIpc) is 2.31. The van der Waals surface area contributed by atoms with Gasteiger partial charge in [0, 0.05) is 4.47 Å². The van der Waals surface area contributed by atoms with Gasteiger partial charge in [-0.3, -0.25) is 0 Å². The van der Waals surface area contributed by atoms with Crippen molar-refractivity contribution in [3.8, 4) is 0 Å². The number of hydrogen-bond donors (Lipinski definition) is 1. The minimum absolute atomic E-state index is 0.100. The number of halogens is 2. The van der Waals surface area contributed by atoms with Crippen LogP contribution in [-0.4, -0.2) is 13.1 Å². The summed E-state index contributed by atoms with van der Waals surface area (Å²) in [5.74, 6) is 1.68. The van der Waals surface area contributed by atoms with Crippen LogP contribution in [0.4, 0.5) is 4.39 Å². The number of benzene rings is 1. The van der Waals surface area contributed by atoms with Gasteiger partial charge in [-0.25, -0.2) is 4.39 Å². The van der Waals surface area contributed by atoms with Gasteiger partial charge in [0.15, 0.2) is 0 Å². The first-order valence-electron chi connectivity index (χ1n) is 7.53. The molecule has 20 heavy (non-hydrogen) atoms. The molecule has 0 radical (unpaired) electrons. The lowest BCUT2D eigenvalue weighted by Gasteiger charge is -2.21. The molecule has 0 bridgehead atoms. The SMILES string of the molecule is CC(C)CNCC(Cc1ccc(Br)cc1F)CC(C)C. The molecule has 0 fully saturated rings. The molecule has 1 nitrogen and oxygen atoms in total. The molecule has 0 saturated carbocycles. The van der Waals surface area contributed by atoms with Crippen molar-refractivity contribution in [3.05, 3.63) is 34.1 Å². The minimum Gasteiger partial charge on any atom is -0.316 e. The Morgan fingerprint density at radius 2 is 1.80 bits per heavy atom. The third-order valence-corrected chi connectivity index (χ3v) is 3.81. The van der Waals surface area contributed by atoms with Gasteiger partial charge in [-0.2, -0.15) is 0 Å². The Bertz CT molecular complexity index is 404. The minimum atomic E-state index is -0.100. The van der Waals surface area contributed by atoms with Crippen molar-refractivity contribution in [2.75, 3.05) is 13.1 Å². The van der Waals surface area contributed by atoms with Gasteiger partial charge in [-0.05, 0) is 61.4 Å². The molecule has 0 amide bonds. The highest BCUT2D eigenvalue weighted by Crippen LogP contribution is 2.21. The summed E-state index contributed by atoms with van der Waals surface area (Å²) in [4.78, 5) is 0. The van der Waals surface area contributed by atoms with Crippen LogP contribution in [0.3, 0.4) is 0 Å². The molecule has 1 N–H and O–H groups in total. The molecule has 1 aromatic carbocycles. The van der Waals surface area contributed by atoms with E-state index in [2.05, 4.69) is 48.9 Å². The number of rotatable bonds is 8. The quantitative estimate of drug-likeness (QED) is 0.697. The molecule has 0 saturated heterocycles. The topological polar surface area (TPSA) is 12.0 Å². The largest absolute Gasteiger partial charge is 0.316 e. The summed E-state index contributed by atoms with van der Waals surface area (Å²) in [6, 6.07) is 5.38. The molecule has 0 heterocycles. The molecule has 0 aromatic heterocycles. The molecular formula is C17H27BrFN. The fraction of sp³-hybridized carbons (Fsp3) is 0.647. The summed E-state index contributed by atoms with van der Waals surface area (Å²) in [5, 5.41) is 3.51. The van der Waals surface area contributed by atoms with Crippen molar-refractivity contribution in [2.45, 2.75) is 40.5 Å². The van der Waals surface area contributed by atoms with Crippen LogP contribution in [0.5, 0.6) is 0 Å².